The van der Waals surface area contributed by atoms with Crippen molar-refractivity contribution >= 4 is 26.9 Å². The van der Waals surface area contributed by atoms with Crippen LogP contribution in [0.4, 0.5) is 30.2 Å². The average Bonchev–Trinajstić information content (AvgIpc) is 2.40. The summed E-state index contributed by atoms with van der Waals surface area (Å²) in [6, 6.07) is 5.81. The molecule has 2 aromatic carbocycles. The minimum Gasteiger partial charge on any atom is -0.396 e. The fourth-order valence-corrected chi connectivity index (χ4v) is 2.58. The Kier molecular flexibility index (Phi) is 3.82. The van der Waals surface area contributed by atoms with Crippen LogP contribution in [0, 0.1) is 17.5 Å². The Morgan fingerprint density at radius 3 is 2.29 bits per heavy atom. The highest BCUT2D eigenvalue weighted by Crippen LogP contribution is 2.31. The minimum absolute atomic E-state index is 0.0721. The number of sulfone groups is 1. The summed E-state index contributed by atoms with van der Waals surface area (Å²) in [4.78, 5) is -0.143. The van der Waals surface area contributed by atoms with Crippen LogP contribution in [-0.2, 0) is 9.84 Å². The maximum absolute atomic E-state index is 13.6. The highest BCUT2D eigenvalue weighted by Gasteiger charge is 2.17. The number of nitrogens with two attached hydrogens (primary N) is 1. The summed E-state index contributed by atoms with van der Waals surface area (Å²) in [6.07, 6.45) is 0.973. The van der Waals surface area contributed by atoms with Gasteiger partial charge in [0.1, 0.15) is 0 Å². The second-order valence-electron chi connectivity index (χ2n) is 4.34. The second-order valence-corrected chi connectivity index (χ2v) is 6.32. The van der Waals surface area contributed by atoms with E-state index < -0.39 is 27.3 Å². The van der Waals surface area contributed by atoms with Gasteiger partial charge in [0.25, 0.3) is 0 Å². The van der Waals surface area contributed by atoms with Crippen LogP contribution in [0.1, 0.15) is 0 Å². The molecule has 0 saturated carbocycles. The minimum atomic E-state index is -3.57. The molecule has 8 heteroatoms. The first-order valence-corrected chi connectivity index (χ1v) is 7.60. The summed E-state index contributed by atoms with van der Waals surface area (Å²) in [6.45, 7) is 0. The topological polar surface area (TPSA) is 72.2 Å². The molecule has 0 atom stereocenters. The van der Waals surface area contributed by atoms with E-state index in [-0.39, 0.29) is 22.0 Å². The Bertz CT molecular complexity index is 807. The van der Waals surface area contributed by atoms with Gasteiger partial charge in [-0.15, -0.1) is 0 Å². The summed E-state index contributed by atoms with van der Waals surface area (Å²) in [5.74, 6) is -4.37. The number of anilines is 3. The van der Waals surface area contributed by atoms with E-state index in [9.17, 15) is 21.6 Å². The lowest BCUT2D eigenvalue weighted by molar-refractivity contribution is 0.449. The molecule has 0 unspecified atom stereocenters. The molecule has 3 N–H and O–H groups in total. The van der Waals surface area contributed by atoms with E-state index >= 15 is 0 Å². The molecular weight excluding hydrogens is 305 g/mol. The summed E-state index contributed by atoms with van der Waals surface area (Å²) in [5.41, 5.74) is 5.29. The van der Waals surface area contributed by atoms with Crippen LogP contribution in [0.2, 0.25) is 0 Å². The van der Waals surface area contributed by atoms with Crippen LogP contribution in [0.15, 0.2) is 35.2 Å². The Labute approximate surface area is 119 Å². The molecule has 2 rings (SSSR count). The molecule has 0 spiro atoms. The lowest BCUT2D eigenvalue weighted by atomic mass is 10.2. The van der Waals surface area contributed by atoms with Crippen LogP contribution in [0.25, 0.3) is 0 Å². The molecule has 0 aromatic heterocycles. The Balaban J connectivity index is 2.49. The Morgan fingerprint density at radius 1 is 1.00 bits per heavy atom. The van der Waals surface area contributed by atoms with Crippen LogP contribution in [0.3, 0.4) is 0 Å². The molecule has 2 aromatic rings. The number of hydrogen-bond donors (Lipinski definition) is 2. The van der Waals surface area contributed by atoms with Crippen molar-refractivity contribution in [3.05, 3.63) is 47.8 Å². The number of nitrogens with one attached hydrogen (secondary N) is 1. The molecule has 0 aliphatic heterocycles. The summed E-state index contributed by atoms with van der Waals surface area (Å²) in [7, 11) is -3.57. The van der Waals surface area contributed by atoms with Gasteiger partial charge in [-0.3, -0.25) is 0 Å². The van der Waals surface area contributed by atoms with Crippen molar-refractivity contribution in [3.63, 3.8) is 0 Å². The van der Waals surface area contributed by atoms with E-state index in [4.69, 9.17) is 5.73 Å². The number of halogens is 3. The van der Waals surface area contributed by atoms with E-state index in [1.165, 1.54) is 18.2 Å². The first-order chi connectivity index (χ1) is 9.71. The van der Waals surface area contributed by atoms with Gasteiger partial charge < -0.3 is 11.1 Å². The van der Waals surface area contributed by atoms with Gasteiger partial charge in [0.2, 0.25) is 0 Å². The van der Waals surface area contributed by atoms with Crippen molar-refractivity contribution in [2.24, 2.45) is 0 Å². The van der Waals surface area contributed by atoms with Crippen molar-refractivity contribution in [1.29, 1.82) is 0 Å². The van der Waals surface area contributed by atoms with Gasteiger partial charge in [-0.2, -0.15) is 0 Å². The lowest BCUT2D eigenvalue weighted by Gasteiger charge is -2.13. The van der Waals surface area contributed by atoms with E-state index in [1.807, 2.05) is 0 Å². The molecule has 4 nitrogen and oxygen atoms in total. The van der Waals surface area contributed by atoms with Crippen molar-refractivity contribution in [2.75, 3.05) is 17.3 Å². The Hall–Kier alpha value is -2.22. The predicted molar refractivity (Wildman–Crippen MR) is 73.6 cm³/mol. The van der Waals surface area contributed by atoms with Crippen LogP contribution >= 0.6 is 0 Å². The first-order valence-electron chi connectivity index (χ1n) is 5.71. The molecule has 0 aliphatic carbocycles. The standard InChI is InChI=1S/C13H11F3N2O2S/c1-21(19,20)10-4-2-3-9(13(10)17)18-8-6-5-7(14)11(15)12(8)16/h2-6,18H,17H2,1H3. The second kappa shape index (κ2) is 5.28. The highest BCUT2D eigenvalue weighted by atomic mass is 32.2. The first kappa shape index (κ1) is 15.2. The van der Waals surface area contributed by atoms with E-state index in [0.29, 0.717) is 0 Å². The molecule has 0 radical (unpaired) electrons. The van der Waals surface area contributed by atoms with Gasteiger partial charge in [-0.25, -0.2) is 21.6 Å². The van der Waals surface area contributed by atoms with Crippen molar-refractivity contribution in [1.82, 2.24) is 0 Å². The van der Waals surface area contributed by atoms with E-state index in [0.717, 1.165) is 18.4 Å². The number of hydrogen-bond acceptors (Lipinski definition) is 4. The van der Waals surface area contributed by atoms with Crippen LogP contribution in [0.5, 0.6) is 0 Å². The smallest absolute Gasteiger partial charge is 0.196 e. The summed E-state index contributed by atoms with van der Waals surface area (Å²) in [5, 5.41) is 2.45. The fourth-order valence-electron chi connectivity index (χ4n) is 1.74. The summed E-state index contributed by atoms with van der Waals surface area (Å²) >= 11 is 0. The monoisotopic (exact) mass is 316 g/mol. The van der Waals surface area contributed by atoms with Gasteiger partial charge in [-0.1, -0.05) is 6.07 Å². The van der Waals surface area contributed by atoms with E-state index in [2.05, 4.69) is 5.32 Å². The molecule has 0 bridgehead atoms. The normalized spacial score (nSPS) is 11.4. The number of nitrogen functional groups attached to an aromatic ring is 1. The van der Waals surface area contributed by atoms with Gasteiger partial charge >= 0.3 is 0 Å². The average molecular weight is 316 g/mol. The number of para-hydroxylation sites is 1. The molecule has 0 aliphatic rings. The fraction of sp³-hybridized carbons (Fsp3) is 0.0769. The van der Waals surface area contributed by atoms with Crippen molar-refractivity contribution < 1.29 is 21.6 Å². The third-order valence-electron chi connectivity index (χ3n) is 2.77. The third-order valence-corrected chi connectivity index (χ3v) is 3.93. The Morgan fingerprint density at radius 2 is 1.67 bits per heavy atom. The third kappa shape index (κ3) is 2.94. The van der Waals surface area contributed by atoms with Gasteiger partial charge in [0.05, 0.1) is 22.0 Å². The van der Waals surface area contributed by atoms with Crippen LogP contribution in [-0.4, -0.2) is 14.7 Å². The van der Waals surface area contributed by atoms with Gasteiger partial charge in [0, 0.05) is 6.26 Å². The predicted octanol–water partition coefficient (Wildman–Crippen LogP) is 2.83. The summed E-state index contributed by atoms with van der Waals surface area (Å²) < 4.78 is 62.6. The molecule has 21 heavy (non-hydrogen) atoms. The maximum Gasteiger partial charge on any atom is 0.196 e. The molecular formula is C13H11F3N2O2S. The maximum atomic E-state index is 13.6. The zero-order chi connectivity index (χ0) is 15.8. The van der Waals surface area contributed by atoms with Gasteiger partial charge in [0.15, 0.2) is 27.3 Å². The molecule has 0 saturated heterocycles. The molecule has 0 fully saturated rings. The van der Waals surface area contributed by atoms with Gasteiger partial charge in [-0.05, 0) is 24.3 Å². The van der Waals surface area contributed by atoms with E-state index in [1.54, 1.807) is 0 Å². The molecule has 0 heterocycles. The molecule has 112 valence electrons. The zero-order valence-electron chi connectivity index (χ0n) is 10.8. The largest absolute Gasteiger partial charge is 0.396 e. The number of rotatable bonds is 3. The zero-order valence-corrected chi connectivity index (χ0v) is 11.6. The lowest BCUT2D eigenvalue weighted by Crippen LogP contribution is -2.06. The van der Waals surface area contributed by atoms with Crippen molar-refractivity contribution in [3.8, 4) is 0 Å². The molecule has 0 amide bonds. The quantitative estimate of drug-likeness (QED) is 0.675. The highest BCUT2D eigenvalue weighted by molar-refractivity contribution is 7.90. The van der Waals surface area contributed by atoms with Crippen LogP contribution < -0.4 is 11.1 Å². The number of benzene rings is 2. The SMILES string of the molecule is CS(=O)(=O)c1cccc(Nc2ccc(F)c(F)c2F)c1N. The van der Waals surface area contributed by atoms with Crippen molar-refractivity contribution in [2.45, 2.75) is 4.90 Å².